The molecule has 2 aromatic rings. The molecule has 1 amide bonds. The van der Waals surface area contributed by atoms with Crippen LogP contribution in [0.5, 0.6) is 5.75 Å². The van der Waals surface area contributed by atoms with Gasteiger partial charge in [0.1, 0.15) is 5.75 Å². The average molecular weight is 339 g/mol. The van der Waals surface area contributed by atoms with Gasteiger partial charge < -0.3 is 10.1 Å². The largest absolute Gasteiger partial charge is 0.491 e. The lowest BCUT2D eigenvalue weighted by Crippen LogP contribution is -2.24. The van der Waals surface area contributed by atoms with E-state index in [1.807, 2.05) is 26.0 Å². The topological polar surface area (TPSA) is 38.3 Å². The van der Waals surface area contributed by atoms with Gasteiger partial charge in [0.2, 0.25) is 5.91 Å². The quantitative estimate of drug-likeness (QED) is 0.685. The number of amides is 1. The molecule has 0 atom stereocenters. The van der Waals surface area contributed by atoms with Crippen molar-refractivity contribution in [3.63, 3.8) is 0 Å². The highest BCUT2D eigenvalue weighted by atomic mass is 16.5. The molecule has 134 valence electrons. The van der Waals surface area contributed by atoms with Gasteiger partial charge in [-0.15, -0.1) is 0 Å². The fraction of sp³-hybridized carbons (Fsp3) is 0.409. The molecule has 0 unspecified atom stereocenters. The standard InChI is InChI=1S/C22H29NO2/c1-17(2)25-21-13-10-19(11-14-21)5-4-16-23-22(24)15-12-20-8-6-18(3)7-9-20/h6-11,13-14,17H,4-5,12,15-16H2,1-3H3,(H,23,24). The van der Waals surface area contributed by atoms with Crippen molar-refractivity contribution in [3.8, 4) is 5.75 Å². The molecule has 0 saturated carbocycles. The molecule has 0 aromatic heterocycles. The lowest BCUT2D eigenvalue weighted by atomic mass is 10.1. The van der Waals surface area contributed by atoms with E-state index in [9.17, 15) is 4.79 Å². The summed E-state index contributed by atoms with van der Waals surface area (Å²) in [7, 11) is 0. The Morgan fingerprint density at radius 3 is 2.20 bits per heavy atom. The molecule has 0 heterocycles. The Labute approximate surface area is 151 Å². The van der Waals surface area contributed by atoms with Gasteiger partial charge in [0.15, 0.2) is 0 Å². The number of hydrogen-bond acceptors (Lipinski definition) is 2. The van der Waals surface area contributed by atoms with E-state index in [2.05, 4.69) is 48.6 Å². The third-order valence-corrected chi connectivity index (χ3v) is 4.02. The minimum atomic E-state index is 0.126. The first kappa shape index (κ1) is 19.0. The number of hydrogen-bond donors (Lipinski definition) is 1. The summed E-state index contributed by atoms with van der Waals surface area (Å²) in [5.41, 5.74) is 3.73. The molecule has 0 bridgehead atoms. The van der Waals surface area contributed by atoms with Gasteiger partial charge in [-0.1, -0.05) is 42.0 Å². The second-order valence-electron chi connectivity index (χ2n) is 6.75. The molecule has 0 saturated heterocycles. The van der Waals surface area contributed by atoms with Crippen molar-refractivity contribution in [1.82, 2.24) is 5.32 Å². The summed E-state index contributed by atoms with van der Waals surface area (Å²) in [4.78, 5) is 11.9. The van der Waals surface area contributed by atoms with Crippen molar-refractivity contribution in [2.45, 2.75) is 52.6 Å². The van der Waals surface area contributed by atoms with Gasteiger partial charge in [-0.2, -0.15) is 0 Å². The predicted molar refractivity (Wildman–Crippen MR) is 103 cm³/mol. The van der Waals surface area contributed by atoms with Crippen LogP contribution >= 0.6 is 0 Å². The van der Waals surface area contributed by atoms with Crippen LogP contribution in [0.15, 0.2) is 48.5 Å². The summed E-state index contributed by atoms with van der Waals surface area (Å²) < 4.78 is 5.64. The average Bonchev–Trinajstić information content (AvgIpc) is 2.59. The highest BCUT2D eigenvalue weighted by Gasteiger charge is 2.03. The summed E-state index contributed by atoms with van der Waals surface area (Å²) >= 11 is 0. The molecule has 0 spiro atoms. The van der Waals surface area contributed by atoms with Gasteiger partial charge in [-0.05, 0) is 63.3 Å². The normalized spacial score (nSPS) is 10.7. The second kappa shape index (κ2) is 9.87. The Kier molecular flexibility index (Phi) is 7.52. The Hall–Kier alpha value is -2.29. The summed E-state index contributed by atoms with van der Waals surface area (Å²) in [5.74, 6) is 1.03. The number of aryl methyl sites for hydroxylation is 3. The number of carbonyl (C=O) groups is 1. The van der Waals surface area contributed by atoms with E-state index in [1.165, 1.54) is 16.7 Å². The van der Waals surface area contributed by atoms with Crippen LogP contribution in [-0.2, 0) is 17.6 Å². The SMILES string of the molecule is Cc1ccc(CCC(=O)NCCCc2ccc(OC(C)C)cc2)cc1. The maximum absolute atomic E-state index is 11.9. The number of rotatable bonds is 9. The van der Waals surface area contributed by atoms with Crippen LogP contribution in [0.2, 0.25) is 0 Å². The van der Waals surface area contributed by atoms with E-state index in [0.29, 0.717) is 6.42 Å². The lowest BCUT2D eigenvalue weighted by molar-refractivity contribution is -0.121. The van der Waals surface area contributed by atoms with Crippen molar-refractivity contribution >= 4 is 5.91 Å². The zero-order valence-corrected chi connectivity index (χ0v) is 15.5. The molecular weight excluding hydrogens is 310 g/mol. The van der Waals surface area contributed by atoms with Gasteiger partial charge >= 0.3 is 0 Å². The zero-order chi connectivity index (χ0) is 18.1. The molecule has 0 radical (unpaired) electrons. The molecule has 25 heavy (non-hydrogen) atoms. The Bertz CT molecular complexity index is 645. The molecule has 1 N–H and O–H groups in total. The van der Waals surface area contributed by atoms with Crippen molar-refractivity contribution in [2.24, 2.45) is 0 Å². The fourth-order valence-corrected chi connectivity index (χ4v) is 2.63. The van der Waals surface area contributed by atoms with Gasteiger partial charge in [-0.3, -0.25) is 4.79 Å². The van der Waals surface area contributed by atoms with Gasteiger partial charge in [-0.25, -0.2) is 0 Å². The number of carbonyl (C=O) groups excluding carboxylic acids is 1. The van der Waals surface area contributed by atoms with Crippen LogP contribution < -0.4 is 10.1 Å². The fourth-order valence-electron chi connectivity index (χ4n) is 2.63. The molecule has 0 fully saturated rings. The van der Waals surface area contributed by atoms with Crippen LogP contribution in [0, 0.1) is 6.92 Å². The Morgan fingerprint density at radius 1 is 0.960 bits per heavy atom. The smallest absolute Gasteiger partial charge is 0.220 e. The van der Waals surface area contributed by atoms with E-state index in [4.69, 9.17) is 4.74 Å². The summed E-state index contributed by atoms with van der Waals surface area (Å²) in [6, 6.07) is 16.6. The Morgan fingerprint density at radius 2 is 1.56 bits per heavy atom. The highest BCUT2D eigenvalue weighted by Crippen LogP contribution is 2.14. The summed E-state index contributed by atoms with van der Waals surface area (Å²) in [6.07, 6.45) is 3.44. The van der Waals surface area contributed by atoms with Crippen LogP contribution in [0.4, 0.5) is 0 Å². The number of benzene rings is 2. The maximum Gasteiger partial charge on any atom is 0.220 e. The third kappa shape index (κ3) is 7.42. The molecule has 3 heteroatoms. The van der Waals surface area contributed by atoms with Crippen LogP contribution in [0.3, 0.4) is 0 Å². The van der Waals surface area contributed by atoms with Crippen molar-refractivity contribution in [2.75, 3.05) is 6.54 Å². The highest BCUT2D eigenvalue weighted by molar-refractivity contribution is 5.76. The first-order chi connectivity index (χ1) is 12.0. The molecule has 3 nitrogen and oxygen atoms in total. The zero-order valence-electron chi connectivity index (χ0n) is 15.5. The first-order valence-electron chi connectivity index (χ1n) is 9.11. The van der Waals surface area contributed by atoms with E-state index in [-0.39, 0.29) is 12.0 Å². The lowest BCUT2D eigenvalue weighted by Gasteiger charge is -2.10. The van der Waals surface area contributed by atoms with Crippen LogP contribution in [0.1, 0.15) is 43.4 Å². The molecular formula is C22H29NO2. The summed E-state index contributed by atoms with van der Waals surface area (Å²) in [5, 5.41) is 3.01. The first-order valence-corrected chi connectivity index (χ1v) is 9.11. The number of ether oxygens (including phenoxy) is 1. The van der Waals surface area contributed by atoms with Crippen molar-refractivity contribution in [3.05, 3.63) is 65.2 Å². The van der Waals surface area contributed by atoms with E-state index < -0.39 is 0 Å². The molecule has 2 aromatic carbocycles. The van der Waals surface area contributed by atoms with Crippen LogP contribution in [-0.4, -0.2) is 18.6 Å². The van der Waals surface area contributed by atoms with Crippen molar-refractivity contribution in [1.29, 1.82) is 0 Å². The molecule has 2 rings (SSSR count). The van der Waals surface area contributed by atoms with E-state index in [1.54, 1.807) is 0 Å². The molecule has 0 aliphatic carbocycles. The molecule has 0 aliphatic rings. The minimum absolute atomic E-state index is 0.126. The molecule has 0 aliphatic heterocycles. The second-order valence-corrected chi connectivity index (χ2v) is 6.75. The predicted octanol–water partition coefficient (Wildman–Crippen LogP) is 4.46. The van der Waals surface area contributed by atoms with Gasteiger partial charge in [0, 0.05) is 13.0 Å². The van der Waals surface area contributed by atoms with Gasteiger partial charge in [0.05, 0.1) is 6.10 Å². The maximum atomic E-state index is 11.9. The monoisotopic (exact) mass is 339 g/mol. The Balaban J connectivity index is 1.61. The minimum Gasteiger partial charge on any atom is -0.491 e. The summed E-state index contributed by atoms with van der Waals surface area (Å²) in [6.45, 7) is 6.84. The number of nitrogens with one attached hydrogen (secondary N) is 1. The van der Waals surface area contributed by atoms with E-state index in [0.717, 1.165) is 31.6 Å². The van der Waals surface area contributed by atoms with Gasteiger partial charge in [0.25, 0.3) is 0 Å². The third-order valence-electron chi connectivity index (χ3n) is 4.02. The van der Waals surface area contributed by atoms with Crippen LogP contribution in [0.25, 0.3) is 0 Å². The van der Waals surface area contributed by atoms with E-state index >= 15 is 0 Å². The van der Waals surface area contributed by atoms with Crippen molar-refractivity contribution < 1.29 is 9.53 Å².